The van der Waals surface area contributed by atoms with Gasteiger partial charge < -0.3 is 15.2 Å². The van der Waals surface area contributed by atoms with E-state index < -0.39 is 12.4 Å². The van der Waals surface area contributed by atoms with Crippen molar-refractivity contribution in [2.75, 3.05) is 11.9 Å². The second-order valence-corrected chi connectivity index (χ2v) is 5.99. The normalized spacial score (nSPS) is 11.4. The summed E-state index contributed by atoms with van der Waals surface area (Å²) in [6.07, 6.45) is -0.631. The highest BCUT2D eigenvalue weighted by Crippen LogP contribution is 2.15. The first-order valence-corrected chi connectivity index (χ1v) is 8.75. The average molecular weight is 362 g/mol. The molecule has 0 fully saturated rings. The van der Waals surface area contributed by atoms with Gasteiger partial charge in [0.1, 0.15) is 5.75 Å². The van der Waals surface area contributed by atoms with Crippen LogP contribution in [0.3, 0.4) is 0 Å². The molecule has 3 N–H and O–H groups in total. The van der Waals surface area contributed by atoms with Gasteiger partial charge in [0.05, 0.1) is 6.54 Å². The number of para-hydroxylation sites is 1. The van der Waals surface area contributed by atoms with Gasteiger partial charge in [-0.3, -0.25) is 5.32 Å². The Morgan fingerprint density at radius 1 is 0.852 bits per heavy atom. The number of carbonyl (C=O) groups is 1. The Hall–Kier alpha value is -3.31. The van der Waals surface area contributed by atoms with Crippen molar-refractivity contribution in [2.45, 2.75) is 12.7 Å². The van der Waals surface area contributed by atoms with Crippen LogP contribution in [0.1, 0.15) is 11.1 Å². The van der Waals surface area contributed by atoms with Crippen molar-refractivity contribution in [3.8, 4) is 5.75 Å². The summed E-state index contributed by atoms with van der Waals surface area (Å²) in [6, 6.07) is 26.9. The molecule has 0 aliphatic heterocycles. The van der Waals surface area contributed by atoms with Crippen LogP contribution in [0, 0.1) is 0 Å². The third-order valence-corrected chi connectivity index (χ3v) is 3.89. The minimum absolute atomic E-state index is 0.0539. The summed E-state index contributed by atoms with van der Waals surface area (Å²) in [5, 5.41) is 2.69. The summed E-state index contributed by atoms with van der Waals surface area (Å²) in [7, 11) is 0. The zero-order valence-corrected chi connectivity index (χ0v) is 14.9. The first-order chi connectivity index (χ1) is 13.2. The van der Waals surface area contributed by atoms with Gasteiger partial charge in [0.2, 0.25) is 0 Å². The summed E-state index contributed by atoms with van der Waals surface area (Å²) in [4.78, 5) is 12.1. The number of carbonyl (C=O) groups excluding carboxylic acids is 1. The van der Waals surface area contributed by atoms with E-state index >= 15 is 0 Å². The Morgan fingerprint density at radius 2 is 1.44 bits per heavy atom. The van der Waals surface area contributed by atoms with Crippen LogP contribution in [0.2, 0.25) is 0 Å². The fourth-order valence-corrected chi connectivity index (χ4v) is 2.58. The quantitative estimate of drug-likeness (QED) is 0.618. The van der Waals surface area contributed by atoms with Crippen LogP contribution in [0.4, 0.5) is 10.5 Å². The number of anilines is 1. The van der Waals surface area contributed by atoms with Crippen LogP contribution in [0.25, 0.3) is 0 Å². The standard InChI is InChI=1S/C22H22N2O3/c23-16-21(26-20-9-5-2-6-10-20)27-22(25)24-19-13-11-18(12-14-19)15-17-7-3-1-4-8-17/h1-14,21H,15-16,23H2,(H,24,25)/t21-/m1/s1. The maximum absolute atomic E-state index is 12.1. The van der Waals surface area contributed by atoms with Gasteiger partial charge in [0.15, 0.2) is 0 Å². The van der Waals surface area contributed by atoms with Crippen LogP contribution in [-0.2, 0) is 11.2 Å². The minimum Gasteiger partial charge on any atom is -0.453 e. The molecule has 138 valence electrons. The second kappa shape index (κ2) is 9.40. The number of amides is 1. The molecular formula is C22H22N2O3. The number of rotatable bonds is 7. The predicted octanol–water partition coefficient (Wildman–Crippen LogP) is 4.19. The number of benzene rings is 3. The highest BCUT2D eigenvalue weighted by Gasteiger charge is 2.14. The molecule has 5 nitrogen and oxygen atoms in total. The molecule has 3 aromatic carbocycles. The van der Waals surface area contributed by atoms with Crippen LogP contribution >= 0.6 is 0 Å². The number of ether oxygens (including phenoxy) is 2. The van der Waals surface area contributed by atoms with E-state index in [1.54, 1.807) is 12.1 Å². The maximum Gasteiger partial charge on any atom is 0.414 e. The molecule has 0 unspecified atom stereocenters. The van der Waals surface area contributed by atoms with E-state index in [-0.39, 0.29) is 6.54 Å². The summed E-state index contributed by atoms with van der Waals surface area (Å²) in [6.45, 7) is 0.0539. The van der Waals surface area contributed by atoms with E-state index in [9.17, 15) is 4.79 Å². The molecule has 5 heteroatoms. The van der Waals surface area contributed by atoms with E-state index in [1.165, 1.54) is 5.56 Å². The van der Waals surface area contributed by atoms with Crippen molar-refractivity contribution in [3.63, 3.8) is 0 Å². The van der Waals surface area contributed by atoms with Gasteiger partial charge in [0, 0.05) is 5.69 Å². The zero-order chi connectivity index (χ0) is 18.9. The van der Waals surface area contributed by atoms with Crippen molar-refractivity contribution < 1.29 is 14.3 Å². The highest BCUT2D eigenvalue weighted by molar-refractivity contribution is 5.84. The Bertz CT molecular complexity index is 836. The largest absolute Gasteiger partial charge is 0.453 e. The predicted molar refractivity (Wildman–Crippen MR) is 106 cm³/mol. The molecule has 0 aliphatic rings. The molecular weight excluding hydrogens is 340 g/mol. The fraction of sp³-hybridized carbons (Fsp3) is 0.136. The maximum atomic E-state index is 12.1. The van der Waals surface area contributed by atoms with Gasteiger partial charge >= 0.3 is 6.09 Å². The van der Waals surface area contributed by atoms with Crippen molar-refractivity contribution in [2.24, 2.45) is 5.73 Å². The summed E-state index contributed by atoms with van der Waals surface area (Å²) >= 11 is 0. The topological polar surface area (TPSA) is 73.6 Å². The van der Waals surface area contributed by atoms with Gasteiger partial charge in [-0.1, -0.05) is 60.7 Å². The Kier molecular flexibility index (Phi) is 6.44. The zero-order valence-electron chi connectivity index (χ0n) is 14.9. The van der Waals surface area contributed by atoms with Crippen LogP contribution in [-0.4, -0.2) is 18.9 Å². The molecule has 0 radical (unpaired) electrons. The van der Waals surface area contributed by atoms with E-state index in [0.717, 1.165) is 12.0 Å². The van der Waals surface area contributed by atoms with Crippen LogP contribution < -0.4 is 15.8 Å². The van der Waals surface area contributed by atoms with E-state index in [1.807, 2.05) is 60.7 Å². The molecule has 0 heterocycles. The second-order valence-electron chi connectivity index (χ2n) is 5.99. The lowest BCUT2D eigenvalue weighted by molar-refractivity contribution is -0.0190. The van der Waals surface area contributed by atoms with Crippen molar-refractivity contribution in [3.05, 3.63) is 96.1 Å². The molecule has 1 amide bonds. The number of hydrogen-bond acceptors (Lipinski definition) is 4. The number of nitrogens with two attached hydrogens (primary N) is 1. The minimum atomic E-state index is -0.857. The summed E-state index contributed by atoms with van der Waals surface area (Å²) < 4.78 is 10.8. The third-order valence-electron chi connectivity index (χ3n) is 3.89. The molecule has 1 atom stereocenters. The lowest BCUT2D eigenvalue weighted by Crippen LogP contribution is -2.33. The molecule has 3 rings (SSSR count). The smallest absolute Gasteiger partial charge is 0.414 e. The monoisotopic (exact) mass is 362 g/mol. The Balaban J connectivity index is 1.52. The van der Waals surface area contributed by atoms with Gasteiger partial charge in [-0.25, -0.2) is 4.79 Å². The molecule has 27 heavy (non-hydrogen) atoms. The summed E-state index contributed by atoms with van der Waals surface area (Å²) in [5.74, 6) is 0.589. The Morgan fingerprint density at radius 3 is 2.07 bits per heavy atom. The molecule has 0 saturated heterocycles. The SMILES string of the molecule is NC[C@@H](OC(=O)Nc1ccc(Cc2ccccc2)cc1)Oc1ccccc1. The lowest BCUT2D eigenvalue weighted by Gasteiger charge is -2.18. The Labute approximate surface area is 158 Å². The van der Waals surface area contributed by atoms with Crippen LogP contribution in [0.5, 0.6) is 5.75 Å². The van der Waals surface area contributed by atoms with Crippen LogP contribution in [0.15, 0.2) is 84.9 Å². The number of nitrogens with one attached hydrogen (secondary N) is 1. The molecule has 0 spiro atoms. The molecule has 0 saturated carbocycles. The van der Waals surface area contributed by atoms with Crippen molar-refractivity contribution in [1.82, 2.24) is 0 Å². The van der Waals surface area contributed by atoms with Gasteiger partial charge in [0.25, 0.3) is 6.29 Å². The van der Waals surface area contributed by atoms with Crippen molar-refractivity contribution in [1.29, 1.82) is 0 Å². The average Bonchev–Trinajstić information content (AvgIpc) is 2.70. The fourth-order valence-electron chi connectivity index (χ4n) is 2.58. The third kappa shape index (κ3) is 5.87. The summed E-state index contributed by atoms with van der Waals surface area (Å²) in [5.41, 5.74) is 8.67. The number of hydrogen-bond donors (Lipinski definition) is 2. The van der Waals surface area contributed by atoms with Gasteiger partial charge in [-0.2, -0.15) is 0 Å². The molecule has 0 bridgehead atoms. The van der Waals surface area contributed by atoms with Gasteiger partial charge in [-0.05, 0) is 41.8 Å². The lowest BCUT2D eigenvalue weighted by atomic mass is 10.1. The van der Waals surface area contributed by atoms with E-state index in [4.69, 9.17) is 15.2 Å². The molecule has 3 aromatic rings. The van der Waals surface area contributed by atoms with Crippen molar-refractivity contribution >= 4 is 11.8 Å². The highest BCUT2D eigenvalue weighted by atomic mass is 16.7. The molecule has 0 aromatic heterocycles. The van der Waals surface area contributed by atoms with E-state index in [0.29, 0.717) is 11.4 Å². The first kappa shape index (κ1) is 18.5. The van der Waals surface area contributed by atoms with E-state index in [2.05, 4.69) is 17.4 Å². The first-order valence-electron chi connectivity index (χ1n) is 8.75. The van der Waals surface area contributed by atoms with Gasteiger partial charge in [-0.15, -0.1) is 0 Å². The molecule has 0 aliphatic carbocycles.